The van der Waals surface area contributed by atoms with Crippen LogP contribution in [-0.4, -0.2) is 40.6 Å². The highest BCUT2D eigenvalue weighted by Crippen LogP contribution is 2.22. The standard InChI is InChI=1S/C11H18N4O/c1-7-11(8(2)14-13-7)10-6-15(9(3)16)5-4-12-10/h10,12H,4-6H2,1-3H3,(H,13,14). The van der Waals surface area contributed by atoms with E-state index in [2.05, 4.69) is 15.5 Å². The maximum Gasteiger partial charge on any atom is 0.219 e. The van der Waals surface area contributed by atoms with Gasteiger partial charge in [-0.3, -0.25) is 9.89 Å². The highest BCUT2D eigenvalue weighted by Gasteiger charge is 2.25. The van der Waals surface area contributed by atoms with Crippen LogP contribution in [0.4, 0.5) is 0 Å². The van der Waals surface area contributed by atoms with E-state index in [0.717, 1.165) is 31.0 Å². The van der Waals surface area contributed by atoms with Crippen LogP contribution in [0.2, 0.25) is 0 Å². The van der Waals surface area contributed by atoms with Crippen molar-refractivity contribution >= 4 is 5.91 Å². The number of aromatic nitrogens is 2. The molecule has 1 atom stereocenters. The Balaban J connectivity index is 2.19. The van der Waals surface area contributed by atoms with Gasteiger partial charge in [-0.05, 0) is 13.8 Å². The Morgan fingerprint density at radius 1 is 1.50 bits per heavy atom. The van der Waals surface area contributed by atoms with E-state index in [9.17, 15) is 4.79 Å². The van der Waals surface area contributed by atoms with Crippen LogP contribution < -0.4 is 5.32 Å². The molecule has 1 aromatic heterocycles. The molecule has 0 aromatic carbocycles. The summed E-state index contributed by atoms with van der Waals surface area (Å²) in [7, 11) is 0. The van der Waals surface area contributed by atoms with Crippen molar-refractivity contribution in [3.63, 3.8) is 0 Å². The smallest absolute Gasteiger partial charge is 0.219 e. The van der Waals surface area contributed by atoms with Gasteiger partial charge in [-0.15, -0.1) is 0 Å². The monoisotopic (exact) mass is 222 g/mol. The van der Waals surface area contributed by atoms with Crippen molar-refractivity contribution < 1.29 is 4.79 Å². The third-order valence-corrected chi connectivity index (χ3v) is 3.15. The van der Waals surface area contributed by atoms with Crippen LogP contribution in [0.5, 0.6) is 0 Å². The van der Waals surface area contributed by atoms with Crippen molar-refractivity contribution in [3.05, 3.63) is 17.0 Å². The summed E-state index contributed by atoms with van der Waals surface area (Å²) < 4.78 is 0. The number of rotatable bonds is 1. The molecule has 88 valence electrons. The fourth-order valence-corrected chi connectivity index (χ4v) is 2.30. The molecule has 16 heavy (non-hydrogen) atoms. The topological polar surface area (TPSA) is 61.0 Å². The molecular weight excluding hydrogens is 204 g/mol. The summed E-state index contributed by atoms with van der Waals surface area (Å²) in [5.74, 6) is 0.144. The second kappa shape index (κ2) is 4.25. The van der Waals surface area contributed by atoms with Gasteiger partial charge in [0.2, 0.25) is 5.91 Å². The molecule has 0 radical (unpaired) electrons. The van der Waals surface area contributed by atoms with Gasteiger partial charge in [0.1, 0.15) is 0 Å². The van der Waals surface area contributed by atoms with Crippen LogP contribution in [0.25, 0.3) is 0 Å². The number of hydrogen-bond acceptors (Lipinski definition) is 3. The number of aromatic amines is 1. The molecule has 1 fully saturated rings. The SMILES string of the molecule is CC(=O)N1CCNC(c2c(C)n[nH]c2C)C1. The largest absolute Gasteiger partial charge is 0.340 e. The van der Waals surface area contributed by atoms with Gasteiger partial charge in [0.15, 0.2) is 0 Å². The molecule has 2 heterocycles. The maximum absolute atomic E-state index is 11.4. The molecule has 2 N–H and O–H groups in total. The first-order valence-corrected chi connectivity index (χ1v) is 5.60. The van der Waals surface area contributed by atoms with Crippen molar-refractivity contribution in [2.24, 2.45) is 0 Å². The van der Waals surface area contributed by atoms with Crippen molar-refractivity contribution in [2.75, 3.05) is 19.6 Å². The molecule has 1 aliphatic heterocycles. The van der Waals surface area contributed by atoms with Crippen molar-refractivity contribution in [1.82, 2.24) is 20.4 Å². The summed E-state index contributed by atoms with van der Waals surface area (Å²) in [6, 6.07) is 0.205. The third-order valence-electron chi connectivity index (χ3n) is 3.15. The first kappa shape index (κ1) is 11.1. The van der Waals surface area contributed by atoms with E-state index in [0.29, 0.717) is 0 Å². The molecule has 1 unspecified atom stereocenters. The second-order valence-electron chi connectivity index (χ2n) is 4.32. The molecule has 0 saturated carbocycles. The summed E-state index contributed by atoms with van der Waals surface area (Å²) in [5, 5.41) is 10.6. The van der Waals surface area contributed by atoms with E-state index in [1.807, 2.05) is 18.7 Å². The normalized spacial score (nSPS) is 21.2. The minimum atomic E-state index is 0.144. The highest BCUT2D eigenvalue weighted by molar-refractivity contribution is 5.73. The number of piperazine rings is 1. The van der Waals surface area contributed by atoms with Gasteiger partial charge in [0.05, 0.1) is 11.7 Å². The van der Waals surface area contributed by atoms with Gasteiger partial charge in [-0.25, -0.2) is 0 Å². The number of amides is 1. The number of nitrogens with one attached hydrogen (secondary N) is 2. The van der Waals surface area contributed by atoms with Crippen LogP contribution in [0, 0.1) is 13.8 Å². The molecule has 1 aliphatic rings. The Morgan fingerprint density at radius 2 is 2.25 bits per heavy atom. The summed E-state index contributed by atoms with van der Waals surface area (Å²) in [6.45, 7) is 8.00. The molecule has 5 nitrogen and oxygen atoms in total. The molecule has 5 heteroatoms. The number of aryl methyl sites for hydroxylation is 2. The minimum Gasteiger partial charge on any atom is -0.340 e. The van der Waals surface area contributed by atoms with E-state index in [4.69, 9.17) is 0 Å². The zero-order chi connectivity index (χ0) is 11.7. The molecule has 0 bridgehead atoms. The Kier molecular flexibility index (Phi) is 2.96. The zero-order valence-electron chi connectivity index (χ0n) is 10.0. The number of carbonyl (C=O) groups is 1. The summed E-state index contributed by atoms with van der Waals surface area (Å²) in [4.78, 5) is 13.2. The lowest BCUT2D eigenvalue weighted by Gasteiger charge is -2.33. The summed E-state index contributed by atoms with van der Waals surface area (Å²) in [6.07, 6.45) is 0. The van der Waals surface area contributed by atoms with Gasteiger partial charge in [0, 0.05) is 37.8 Å². The Morgan fingerprint density at radius 3 is 2.81 bits per heavy atom. The lowest BCUT2D eigenvalue weighted by atomic mass is 10.0. The average Bonchev–Trinajstić information content (AvgIpc) is 2.59. The molecular formula is C11H18N4O. The number of hydrogen-bond donors (Lipinski definition) is 2. The predicted molar refractivity (Wildman–Crippen MR) is 61.1 cm³/mol. The van der Waals surface area contributed by atoms with Gasteiger partial charge in [-0.2, -0.15) is 5.10 Å². The van der Waals surface area contributed by atoms with E-state index in [1.54, 1.807) is 6.92 Å². The van der Waals surface area contributed by atoms with E-state index < -0.39 is 0 Å². The Labute approximate surface area is 95.2 Å². The lowest BCUT2D eigenvalue weighted by Crippen LogP contribution is -2.47. The number of nitrogens with zero attached hydrogens (tertiary/aromatic N) is 2. The number of H-pyrrole nitrogens is 1. The van der Waals surface area contributed by atoms with E-state index in [1.165, 1.54) is 5.56 Å². The quantitative estimate of drug-likeness (QED) is 0.728. The van der Waals surface area contributed by atoms with Crippen LogP contribution in [0.1, 0.15) is 29.9 Å². The molecule has 1 amide bonds. The molecule has 2 rings (SSSR count). The molecule has 1 saturated heterocycles. The van der Waals surface area contributed by atoms with Crippen LogP contribution in [0.3, 0.4) is 0 Å². The predicted octanol–water partition coefficient (Wildman–Crippen LogP) is 0.519. The third kappa shape index (κ3) is 1.95. The van der Waals surface area contributed by atoms with Crippen LogP contribution in [-0.2, 0) is 4.79 Å². The van der Waals surface area contributed by atoms with Gasteiger partial charge < -0.3 is 10.2 Å². The first-order chi connectivity index (χ1) is 7.59. The second-order valence-corrected chi connectivity index (χ2v) is 4.32. The molecule has 0 aliphatic carbocycles. The maximum atomic E-state index is 11.4. The van der Waals surface area contributed by atoms with Crippen molar-refractivity contribution in [2.45, 2.75) is 26.8 Å². The highest BCUT2D eigenvalue weighted by atomic mass is 16.2. The van der Waals surface area contributed by atoms with Crippen molar-refractivity contribution in [3.8, 4) is 0 Å². The Bertz CT molecular complexity index is 379. The average molecular weight is 222 g/mol. The zero-order valence-corrected chi connectivity index (χ0v) is 10.0. The van der Waals surface area contributed by atoms with E-state index in [-0.39, 0.29) is 11.9 Å². The van der Waals surface area contributed by atoms with Crippen molar-refractivity contribution in [1.29, 1.82) is 0 Å². The molecule has 0 spiro atoms. The lowest BCUT2D eigenvalue weighted by molar-refractivity contribution is -0.130. The number of carbonyl (C=O) groups excluding carboxylic acids is 1. The van der Waals surface area contributed by atoms with Crippen LogP contribution in [0.15, 0.2) is 0 Å². The Hall–Kier alpha value is -1.36. The van der Waals surface area contributed by atoms with Gasteiger partial charge in [-0.1, -0.05) is 0 Å². The fourth-order valence-electron chi connectivity index (χ4n) is 2.30. The van der Waals surface area contributed by atoms with Crippen LogP contribution >= 0.6 is 0 Å². The molecule has 1 aromatic rings. The minimum absolute atomic E-state index is 0.144. The van der Waals surface area contributed by atoms with E-state index >= 15 is 0 Å². The summed E-state index contributed by atoms with van der Waals surface area (Å²) in [5.41, 5.74) is 3.30. The fraction of sp³-hybridized carbons (Fsp3) is 0.636. The van der Waals surface area contributed by atoms with Gasteiger partial charge in [0.25, 0.3) is 0 Å². The van der Waals surface area contributed by atoms with Gasteiger partial charge >= 0.3 is 0 Å². The summed E-state index contributed by atoms with van der Waals surface area (Å²) >= 11 is 0. The first-order valence-electron chi connectivity index (χ1n) is 5.60.